The van der Waals surface area contributed by atoms with Gasteiger partial charge in [0.2, 0.25) is 0 Å². The highest BCUT2D eigenvalue weighted by atomic mass is 16.3. The Kier molecular flexibility index (Phi) is 4.56. The maximum atomic E-state index is 8.79. The summed E-state index contributed by atoms with van der Waals surface area (Å²) in [4.78, 5) is 2.23. The van der Waals surface area contributed by atoms with E-state index in [0.717, 1.165) is 24.2 Å². The average Bonchev–Trinajstić information content (AvgIpc) is 2.99. The lowest BCUT2D eigenvalue weighted by Gasteiger charge is -2.13. The van der Waals surface area contributed by atoms with Gasteiger partial charge in [0.1, 0.15) is 5.58 Å². The molecule has 0 saturated heterocycles. The maximum absolute atomic E-state index is 8.79. The molecule has 1 aromatic heterocycles. The van der Waals surface area contributed by atoms with Gasteiger partial charge in [-0.2, -0.15) is 5.26 Å². The fraction of sp³-hybridized carbons (Fsp3) is 0.150. The van der Waals surface area contributed by atoms with E-state index in [2.05, 4.69) is 36.2 Å². The Morgan fingerprint density at radius 3 is 2.70 bits per heavy atom. The van der Waals surface area contributed by atoms with Crippen molar-refractivity contribution in [2.24, 2.45) is 0 Å². The van der Waals surface area contributed by atoms with Gasteiger partial charge in [-0.1, -0.05) is 42.5 Å². The van der Waals surface area contributed by atoms with Crippen LogP contribution in [0.5, 0.6) is 0 Å². The van der Waals surface area contributed by atoms with Crippen molar-refractivity contribution in [3.8, 4) is 6.07 Å². The van der Waals surface area contributed by atoms with Crippen molar-refractivity contribution in [3.05, 3.63) is 77.6 Å². The molecule has 2 aromatic carbocycles. The first-order valence-electron chi connectivity index (χ1n) is 7.56. The number of hydrogen-bond acceptors (Lipinski definition) is 3. The van der Waals surface area contributed by atoms with E-state index in [1.807, 2.05) is 48.7 Å². The van der Waals surface area contributed by atoms with Crippen molar-refractivity contribution in [2.75, 3.05) is 13.6 Å². The average molecular weight is 302 g/mol. The molecule has 0 aliphatic rings. The van der Waals surface area contributed by atoms with Crippen LogP contribution in [0.2, 0.25) is 0 Å². The number of para-hydroxylation sites is 1. The van der Waals surface area contributed by atoms with Crippen molar-refractivity contribution in [1.82, 2.24) is 4.90 Å². The molecule has 0 atom stereocenters. The second-order valence-electron chi connectivity index (χ2n) is 5.59. The van der Waals surface area contributed by atoms with Gasteiger partial charge in [-0.15, -0.1) is 0 Å². The molecule has 0 bridgehead atoms. The molecule has 0 fully saturated rings. The molecule has 1 heterocycles. The summed E-state index contributed by atoms with van der Waals surface area (Å²) in [5.41, 5.74) is 3.93. The molecule has 0 N–H and O–H groups in total. The topological polar surface area (TPSA) is 40.2 Å². The Labute approximate surface area is 136 Å². The van der Waals surface area contributed by atoms with Gasteiger partial charge in [-0.3, -0.25) is 4.90 Å². The molecule has 114 valence electrons. The molecule has 3 heteroatoms. The number of furan rings is 1. The summed E-state index contributed by atoms with van der Waals surface area (Å²) in [6, 6.07) is 17.8. The quantitative estimate of drug-likeness (QED) is 0.699. The van der Waals surface area contributed by atoms with E-state index in [1.165, 1.54) is 10.9 Å². The third-order valence-electron chi connectivity index (χ3n) is 3.77. The lowest BCUT2D eigenvalue weighted by Crippen LogP contribution is -2.17. The maximum Gasteiger partial charge on any atom is 0.134 e. The standard InChI is InChI=1S/C20H18N2O/c1-22(12-4-5-16-8-10-17(13-21)11-9-16)14-18-15-23-20-7-3-2-6-19(18)20/h2-11,15H,12,14H2,1H3. The van der Waals surface area contributed by atoms with Crippen LogP contribution in [0.4, 0.5) is 0 Å². The van der Waals surface area contributed by atoms with E-state index in [9.17, 15) is 0 Å². The lowest BCUT2D eigenvalue weighted by atomic mass is 10.1. The van der Waals surface area contributed by atoms with Crippen LogP contribution in [0, 0.1) is 11.3 Å². The van der Waals surface area contributed by atoms with E-state index in [1.54, 1.807) is 0 Å². The highest BCUT2D eigenvalue weighted by Gasteiger charge is 2.06. The monoisotopic (exact) mass is 302 g/mol. The van der Waals surface area contributed by atoms with E-state index >= 15 is 0 Å². The molecule has 23 heavy (non-hydrogen) atoms. The van der Waals surface area contributed by atoms with Crippen molar-refractivity contribution >= 4 is 17.0 Å². The van der Waals surface area contributed by atoms with E-state index in [4.69, 9.17) is 9.68 Å². The van der Waals surface area contributed by atoms with Crippen LogP contribution in [0.3, 0.4) is 0 Å². The Hall–Kier alpha value is -2.83. The molecule has 0 radical (unpaired) electrons. The van der Waals surface area contributed by atoms with Crippen molar-refractivity contribution in [2.45, 2.75) is 6.54 Å². The molecular weight excluding hydrogens is 284 g/mol. The third kappa shape index (κ3) is 3.68. The number of likely N-dealkylation sites (N-methyl/N-ethyl adjacent to an activating group) is 1. The Balaban J connectivity index is 1.59. The SMILES string of the molecule is CN(CC=Cc1ccc(C#N)cc1)Cc1coc2ccccc12. The zero-order valence-electron chi connectivity index (χ0n) is 13.1. The summed E-state index contributed by atoms with van der Waals surface area (Å²) in [7, 11) is 2.09. The first-order chi connectivity index (χ1) is 11.3. The van der Waals surface area contributed by atoms with Crippen LogP contribution in [0.15, 0.2) is 65.3 Å². The van der Waals surface area contributed by atoms with Crippen molar-refractivity contribution in [1.29, 1.82) is 5.26 Å². The van der Waals surface area contributed by atoms with Crippen LogP contribution in [0.25, 0.3) is 17.0 Å². The van der Waals surface area contributed by atoms with Gasteiger partial charge >= 0.3 is 0 Å². The minimum Gasteiger partial charge on any atom is -0.464 e. The zero-order chi connectivity index (χ0) is 16.1. The number of fused-ring (bicyclic) bond motifs is 1. The molecular formula is C20H18N2O. The van der Waals surface area contributed by atoms with Gasteiger partial charge in [-0.05, 0) is 30.8 Å². The lowest BCUT2D eigenvalue weighted by molar-refractivity contribution is 0.363. The summed E-state index contributed by atoms with van der Waals surface area (Å²) in [5, 5.41) is 9.97. The first-order valence-corrected chi connectivity index (χ1v) is 7.56. The second kappa shape index (κ2) is 6.95. The summed E-state index contributed by atoms with van der Waals surface area (Å²) >= 11 is 0. The number of hydrogen-bond donors (Lipinski definition) is 0. The van der Waals surface area contributed by atoms with Gasteiger partial charge in [0.25, 0.3) is 0 Å². The minimum atomic E-state index is 0.686. The molecule has 3 nitrogen and oxygen atoms in total. The summed E-state index contributed by atoms with van der Waals surface area (Å²) in [6.45, 7) is 1.69. The number of benzene rings is 2. The highest BCUT2D eigenvalue weighted by molar-refractivity contribution is 5.80. The number of nitriles is 1. The molecule has 3 rings (SSSR count). The predicted molar refractivity (Wildman–Crippen MR) is 92.7 cm³/mol. The molecule has 0 unspecified atom stereocenters. The molecule has 0 aliphatic heterocycles. The van der Waals surface area contributed by atoms with Crippen LogP contribution in [-0.2, 0) is 6.54 Å². The van der Waals surface area contributed by atoms with Crippen molar-refractivity contribution in [3.63, 3.8) is 0 Å². The first kappa shape index (κ1) is 15.1. The smallest absolute Gasteiger partial charge is 0.134 e. The highest BCUT2D eigenvalue weighted by Crippen LogP contribution is 2.21. The van der Waals surface area contributed by atoms with Crippen molar-refractivity contribution < 1.29 is 4.42 Å². The van der Waals surface area contributed by atoms with Gasteiger partial charge in [0, 0.05) is 24.0 Å². The van der Waals surface area contributed by atoms with Crippen LogP contribution in [-0.4, -0.2) is 18.5 Å². The Bertz CT molecular complexity index is 853. The molecule has 0 spiro atoms. The number of rotatable bonds is 5. The van der Waals surface area contributed by atoms with E-state index in [0.29, 0.717) is 5.56 Å². The van der Waals surface area contributed by atoms with Gasteiger partial charge in [-0.25, -0.2) is 0 Å². The predicted octanol–water partition coefficient (Wildman–Crippen LogP) is 4.45. The Morgan fingerprint density at radius 2 is 1.91 bits per heavy atom. The van der Waals surface area contributed by atoms with Crippen LogP contribution in [0.1, 0.15) is 16.7 Å². The van der Waals surface area contributed by atoms with Gasteiger partial charge in [0.05, 0.1) is 17.9 Å². The normalized spacial score (nSPS) is 11.3. The molecule has 0 saturated carbocycles. The minimum absolute atomic E-state index is 0.686. The van der Waals surface area contributed by atoms with Gasteiger partial charge < -0.3 is 4.42 Å². The molecule has 0 amide bonds. The molecule has 3 aromatic rings. The van der Waals surface area contributed by atoms with Crippen LogP contribution < -0.4 is 0 Å². The van der Waals surface area contributed by atoms with Gasteiger partial charge in [0.15, 0.2) is 0 Å². The summed E-state index contributed by atoms with van der Waals surface area (Å²) in [5.74, 6) is 0. The summed E-state index contributed by atoms with van der Waals surface area (Å²) < 4.78 is 5.57. The molecule has 0 aliphatic carbocycles. The third-order valence-corrected chi connectivity index (χ3v) is 3.77. The second-order valence-corrected chi connectivity index (χ2v) is 5.59. The zero-order valence-corrected chi connectivity index (χ0v) is 13.1. The van der Waals surface area contributed by atoms with E-state index in [-0.39, 0.29) is 0 Å². The largest absolute Gasteiger partial charge is 0.464 e. The van der Waals surface area contributed by atoms with E-state index < -0.39 is 0 Å². The summed E-state index contributed by atoms with van der Waals surface area (Å²) in [6.07, 6.45) is 6.04. The Morgan fingerprint density at radius 1 is 1.13 bits per heavy atom. The number of nitrogens with zero attached hydrogens (tertiary/aromatic N) is 2. The fourth-order valence-corrected chi connectivity index (χ4v) is 2.55. The fourth-order valence-electron chi connectivity index (χ4n) is 2.55. The van der Waals surface area contributed by atoms with Crippen LogP contribution >= 0.6 is 0 Å².